The Morgan fingerprint density at radius 1 is 1.28 bits per heavy atom. The molecule has 0 fully saturated rings. The molecule has 0 bridgehead atoms. The third kappa shape index (κ3) is 6.10. The van der Waals surface area contributed by atoms with Crippen LogP contribution < -0.4 is 21.9 Å². The molecule has 5 N–H and O–H groups in total. The first-order valence-corrected chi connectivity index (χ1v) is 12.1. The van der Waals surface area contributed by atoms with E-state index in [1.54, 1.807) is 45.0 Å². The third-order valence-electron chi connectivity index (χ3n) is 6.04. The number of hydrogen-bond acceptors (Lipinski definition) is 7. The number of nitrogens with two attached hydrogens (primary N) is 1. The summed E-state index contributed by atoms with van der Waals surface area (Å²) in [5, 5.41) is 13.5. The fraction of sp³-hybridized carbons (Fsp3) is 0.500. The molecule has 1 aromatic heterocycles. The number of esters is 1. The molecule has 0 spiro atoms. The van der Waals surface area contributed by atoms with Crippen molar-refractivity contribution in [2.75, 3.05) is 11.9 Å². The van der Waals surface area contributed by atoms with E-state index in [2.05, 4.69) is 15.6 Å². The van der Waals surface area contributed by atoms with Crippen LogP contribution in [0, 0.1) is 5.41 Å². The molecule has 1 aromatic carbocycles. The molecule has 3 rings (SSSR count). The Balaban J connectivity index is 1.88. The van der Waals surface area contributed by atoms with Gasteiger partial charge in [0, 0.05) is 24.1 Å². The van der Waals surface area contributed by atoms with E-state index >= 15 is 0 Å². The van der Waals surface area contributed by atoms with Crippen LogP contribution in [0.2, 0.25) is 0 Å². The van der Waals surface area contributed by atoms with Gasteiger partial charge in [0.15, 0.2) is 0 Å². The fourth-order valence-electron chi connectivity index (χ4n) is 4.36. The highest BCUT2D eigenvalue weighted by atomic mass is 16.6. The summed E-state index contributed by atoms with van der Waals surface area (Å²) in [7, 11) is 0. The van der Waals surface area contributed by atoms with Gasteiger partial charge in [0.1, 0.15) is 29.0 Å². The highest BCUT2D eigenvalue weighted by molar-refractivity contribution is 5.94. The lowest BCUT2D eigenvalue weighted by molar-refractivity contribution is -0.156. The molecule has 10 heteroatoms. The number of nitrogens with zero attached hydrogens (tertiary/aromatic N) is 2. The number of nitrogens with one attached hydrogen (secondary N) is 3. The second-order valence-electron chi connectivity index (χ2n) is 10.5. The van der Waals surface area contributed by atoms with Crippen molar-refractivity contribution in [1.82, 2.24) is 14.9 Å². The van der Waals surface area contributed by atoms with Gasteiger partial charge in [-0.05, 0) is 39.2 Å². The van der Waals surface area contributed by atoms with Crippen molar-refractivity contribution in [3.05, 3.63) is 57.8 Å². The quantitative estimate of drug-likeness (QED) is 0.236. The molecule has 0 aliphatic carbocycles. The van der Waals surface area contributed by atoms with Crippen LogP contribution in [-0.4, -0.2) is 39.4 Å². The third-order valence-corrected chi connectivity index (χ3v) is 6.04. The molecule has 10 nitrogen and oxygen atoms in total. The summed E-state index contributed by atoms with van der Waals surface area (Å²) < 4.78 is 6.94. The number of ether oxygens (including phenoxy) is 1. The van der Waals surface area contributed by atoms with Crippen molar-refractivity contribution >= 4 is 23.4 Å². The molecule has 0 saturated heterocycles. The highest BCUT2D eigenvalue weighted by Crippen LogP contribution is 2.42. The second-order valence-corrected chi connectivity index (χ2v) is 10.5. The molecule has 1 aliphatic rings. The first kappa shape index (κ1) is 26.9. The first-order chi connectivity index (χ1) is 16.8. The molecule has 0 unspecified atom stereocenters. The van der Waals surface area contributed by atoms with E-state index in [1.165, 1.54) is 10.8 Å². The Morgan fingerprint density at radius 3 is 2.53 bits per heavy atom. The molecule has 0 radical (unpaired) electrons. The van der Waals surface area contributed by atoms with Gasteiger partial charge in [-0.2, -0.15) is 0 Å². The van der Waals surface area contributed by atoms with Crippen molar-refractivity contribution in [1.29, 1.82) is 5.41 Å². The monoisotopic (exact) mass is 496 g/mol. The predicted molar refractivity (Wildman–Crippen MR) is 138 cm³/mol. The number of nitrogen functional groups attached to an aromatic ring is 1. The minimum absolute atomic E-state index is 0.00522. The lowest BCUT2D eigenvalue weighted by atomic mass is 9.82. The number of hydrogen-bond donors (Lipinski definition) is 4. The van der Waals surface area contributed by atoms with Gasteiger partial charge in [0.05, 0.1) is 12.6 Å². The number of benzene rings is 1. The Labute approximate surface area is 211 Å². The number of aromatic nitrogens is 2. The van der Waals surface area contributed by atoms with Gasteiger partial charge >= 0.3 is 5.97 Å². The fourth-order valence-corrected chi connectivity index (χ4v) is 4.36. The van der Waals surface area contributed by atoms with Crippen LogP contribution in [0.15, 0.2) is 35.3 Å². The maximum Gasteiger partial charge on any atom is 0.307 e. The number of carbonyl (C=O) groups is 2. The lowest BCUT2D eigenvalue weighted by Crippen LogP contribution is -2.36. The lowest BCUT2D eigenvalue weighted by Gasteiger charge is -2.26. The molecule has 194 valence electrons. The van der Waals surface area contributed by atoms with Crippen LogP contribution in [0.1, 0.15) is 76.9 Å². The summed E-state index contributed by atoms with van der Waals surface area (Å²) in [5.41, 5.74) is 5.40. The van der Waals surface area contributed by atoms with Crippen LogP contribution in [0.5, 0.6) is 0 Å². The van der Waals surface area contributed by atoms with E-state index in [1.807, 2.05) is 13.8 Å². The van der Waals surface area contributed by atoms with E-state index < -0.39 is 23.0 Å². The van der Waals surface area contributed by atoms with E-state index in [9.17, 15) is 14.4 Å². The molecular formula is C26H36N6O4. The average molecular weight is 497 g/mol. The number of amidine groups is 1. The second kappa shape index (κ2) is 10.5. The van der Waals surface area contributed by atoms with E-state index in [-0.39, 0.29) is 36.7 Å². The summed E-state index contributed by atoms with van der Waals surface area (Å²) in [6.07, 6.45) is 2.54. The zero-order chi connectivity index (χ0) is 26.7. The van der Waals surface area contributed by atoms with Crippen LogP contribution in [-0.2, 0) is 26.3 Å². The highest BCUT2D eigenvalue weighted by Gasteiger charge is 2.47. The summed E-state index contributed by atoms with van der Waals surface area (Å²) in [4.78, 5) is 44.0. The topological polar surface area (TPSA) is 152 Å². The normalized spacial score (nSPS) is 18.9. The number of amides is 1. The maximum absolute atomic E-state index is 13.4. The van der Waals surface area contributed by atoms with Crippen LogP contribution in [0.4, 0.5) is 5.69 Å². The van der Waals surface area contributed by atoms with Gasteiger partial charge < -0.3 is 21.1 Å². The molecular weight excluding hydrogens is 460 g/mol. The minimum atomic E-state index is -0.851. The molecule has 36 heavy (non-hydrogen) atoms. The van der Waals surface area contributed by atoms with Crippen LogP contribution >= 0.6 is 0 Å². The van der Waals surface area contributed by atoms with Crippen molar-refractivity contribution in [2.45, 2.75) is 77.5 Å². The Hall–Kier alpha value is -3.69. The zero-order valence-electron chi connectivity index (χ0n) is 21.6. The number of anilines is 1. The Kier molecular flexibility index (Phi) is 7.86. The maximum atomic E-state index is 13.4. The zero-order valence-corrected chi connectivity index (χ0v) is 21.6. The summed E-state index contributed by atoms with van der Waals surface area (Å²) >= 11 is 0. The SMILES string of the molecule is CCCNc1cnc2n(c1=O)[C@@H](C(=O)NCc1ccc(C(=N)N)cc1)C[C@@]2(C)CC(=O)OC(C)(C)C. The van der Waals surface area contributed by atoms with E-state index in [0.717, 1.165) is 12.0 Å². The largest absolute Gasteiger partial charge is 0.460 e. The first-order valence-electron chi connectivity index (χ1n) is 12.1. The average Bonchev–Trinajstić information content (AvgIpc) is 3.08. The van der Waals surface area contributed by atoms with Crippen LogP contribution in [0.25, 0.3) is 0 Å². The van der Waals surface area contributed by atoms with E-state index in [4.69, 9.17) is 15.9 Å². The van der Waals surface area contributed by atoms with Crippen molar-refractivity contribution in [3.8, 4) is 0 Å². The van der Waals surface area contributed by atoms with Crippen molar-refractivity contribution in [3.63, 3.8) is 0 Å². The van der Waals surface area contributed by atoms with Crippen molar-refractivity contribution < 1.29 is 14.3 Å². The predicted octanol–water partition coefficient (Wildman–Crippen LogP) is 2.60. The molecule has 0 saturated carbocycles. The summed E-state index contributed by atoms with van der Waals surface area (Å²) in [6.45, 7) is 10.0. The molecule has 1 aliphatic heterocycles. The Morgan fingerprint density at radius 2 is 1.94 bits per heavy atom. The van der Waals surface area contributed by atoms with Gasteiger partial charge in [-0.15, -0.1) is 0 Å². The van der Waals surface area contributed by atoms with Gasteiger partial charge in [-0.1, -0.05) is 38.1 Å². The van der Waals surface area contributed by atoms with Crippen LogP contribution in [0.3, 0.4) is 0 Å². The number of fused-ring (bicyclic) bond motifs is 1. The minimum Gasteiger partial charge on any atom is -0.460 e. The van der Waals surface area contributed by atoms with E-state index in [0.29, 0.717) is 23.6 Å². The molecule has 2 heterocycles. The van der Waals surface area contributed by atoms with Gasteiger partial charge in [-0.25, -0.2) is 4.98 Å². The summed E-state index contributed by atoms with van der Waals surface area (Å²) in [5.74, 6) is -0.384. The van der Waals surface area contributed by atoms with Gasteiger partial charge in [0.25, 0.3) is 5.56 Å². The number of carbonyl (C=O) groups excluding carboxylic acids is 2. The number of rotatable bonds is 9. The standard InChI is InChI=1S/C26H36N6O4/c1-6-11-29-18-15-31-24-26(5,13-20(33)36-25(2,3)4)12-19(32(24)23(18)35)22(34)30-14-16-7-9-17(10-8-16)21(27)28/h7-10,15,19,29H,6,11-14H2,1-5H3,(H3,27,28)(H,30,34)/t19-,26+/m1/s1. The summed E-state index contributed by atoms with van der Waals surface area (Å²) in [6, 6.07) is 6.17. The molecule has 2 atom stereocenters. The van der Waals surface area contributed by atoms with Crippen molar-refractivity contribution in [2.24, 2.45) is 5.73 Å². The van der Waals surface area contributed by atoms with Gasteiger partial charge in [-0.3, -0.25) is 24.4 Å². The van der Waals surface area contributed by atoms with Gasteiger partial charge in [0.2, 0.25) is 5.91 Å². The molecule has 1 amide bonds. The molecule has 2 aromatic rings. The Bertz CT molecular complexity index is 1200. The smallest absolute Gasteiger partial charge is 0.307 e.